The van der Waals surface area contributed by atoms with E-state index in [2.05, 4.69) is 35.6 Å². The SMILES string of the molecule is CCCNC(c1csc(C)c1)c1ccncc1OC. The fraction of sp³-hybridized carbons (Fsp3) is 0.400. The Bertz CT molecular complexity index is 524. The lowest BCUT2D eigenvalue weighted by Crippen LogP contribution is -2.23. The summed E-state index contributed by atoms with van der Waals surface area (Å²) < 4.78 is 5.44. The molecule has 0 saturated heterocycles. The highest BCUT2D eigenvalue weighted by atomic mass is 32.1. The first kappa shape index (κ1) is 14.0. The number of pyridine rings is 1. The summed E-state index contributed by atoms with van der Waals surface area (Å²) >= 11 is 1.78. The molecular weight excluding hydrogens is 256 g/mol. The average molecular weight is 276 g/mol. The second kappa shape index (κ2) is 6.68. The number of hydrogen-bond donors (Lipinski definition) is 1. The Morgan fingerprint density at radius 2 is 2.32 bits per heavy atom. The van der Waals surface area contributed by atoms with Crippen molar-refractivity contribution in [1.82, 2.24) is 10.3 Å². The van der Waals surface area contributed by atoms with Crippen molar-refractivity contribution in [3.8, 4) is 5.75 Å². The van der Waals surface area contributed by atoms with Crippen LogP contribution in [0.25, 0.3) is 0 Å². The monoisotopic (exact) mass is 276 g/mol. The lowest BCUT2D eigenvalue weighted by atomic mass is 10.0. The minimum absolute atomic E-state index is 0.169. The predicted molar refractivity (Wildman–Crippen MR) is 80.0 cm³/mol. The molecule has 3 nitrogen and oxygen atoms in total. The molecule has 0 amide bonds. The number of nitrogens with one attached hydrogen (secondary N) is 1. The number of nitrogens with zero attached hydrogens (tertiary/aromatic N) is 1. The molecule has 0 spiro atoms. The van der Waals surface area contributed by atoms with E-state index in [9.17, 15) is 0 Å². The molecule has 0 aliphatic rings. The van der Waals surface area contributed by atoms with Crippen molar-refractivity contribution in [1.29, 1.82) is 0 Å². The third kappa shape index (κ3) is 3.33. The minimum atomic E-state index is 0.169. The van der Waals surface area contributed by atoms with Crippen molar-refractivity contribution >= 4 is 11.3 Å². The van der Waals surface area contributed by atoms with Crippen LogP contribution in [0, 0.1) is 6.92 Å². The second-order valence-electron chi connectivity index (χ2n) is 4.50. The van der Waals surface area contributed by atoms with Crippen LogP contribution in [0.15, 0.2) is 29.9 Å². The number of hydrogen-bond acceptors (Lipinski definition) is 4. The molecule has 2 aromatic heterocycles. The molecule has 0 saturated carbocycles. The van der Waals surface area contributed by atoms with E-state index in [0.29, 0.717) is 0 Å². The lowest BCUT2D eigenvalue weighted by Gasteiger charge is -2.20. The Labute approximate surface area is 118 Å². The molecule has 2 rings (SSSR count). The van der Waals surface area contributed by atoms with E-state index in [1.54, 1.807) is 24.6 Å². The molecule has 2 aromatic rings. The van der Waals surface area contributed by atoms with Gasteiger partial charge in [0.25, 0.3) is 0 Å². The van der Waals surface area contributed by atoms with Crippen molar-refractivity contribution in [2.24, 2.45) is 0 Å². The van der Waals surface area contributed by atoms with Gasteiger partial charge in [0.2, 0.25) is 0 Å². The highest BCUT2D eigenvalue weighted by Crippen LogP contribution is 2.31. The number of aryl methyl sites for hydroxylation is 1. The maximum atomic E-state index is 5.44. The van der Waals surface area contributed by atoms with Crippen molar-refractivity contribution in [3.05, 3.63) is 45.9 Å². The topological polar surface area (TPSA) is 34.2 Å². The standard InChI is InChI=1S/C15H20N2OS/c1-4-6-17-15(12-8-11(2)19-10-12)13-5-7-16-9-14(13)18-3/h5,7-10,15,17H,4,6H2,1-3H3. The van der Waals surface area contributed by atoms with E-state index in [1.165, 1.54) is 10.4 Å². The summed E-state index contributed by atoms with van der Waals surface area (Å²) in [4.78, 5) is 5.45. The summed E-state index contributed by atoms with van der Waals surface area (Å²) in [5.41, 5.74) is 2.43. The van der Waals surface area contributed by atoms with Gasteiger partial charge in [-0.05, 0) is 43.0 Å². The highest BCUT2D eigenvalue weighted by molar-refractivity contribution is 7.10. The first-order valence-electron chi connectivity index (χ1n) is 6.52. The van der Waals surface area contributed by atoms with E-state index >= 15 is 0 Å². The summed E-state index contributed by atoms with van der Waals surface area (Å²) in [5.74, 6) is 0.833. The Morgan fingerprint density at radius 3 is 2.95 bits per heavy atom. The molecule has 0 bridgehead atoms. The molecule has 1 N–H and O–H groups in total. The number of rotatable bonds is 6. The molecular formula is C15H20N2OS. The molecule has 0 fully saturated rings. The highest BCUT2D eigenvalue weighted by Gasteiger charge is 2.18. The summed E-state index contributed by atoms with van der Waals surface area (Å²) in [6, 6.07) is 4.43. The Kier molecular flexibility index (Phi) is 4.93. The quantitative estimate of drug-likeness (QED) is 0.876. The summed E-state index contributed by atoms with van der Waals surface area (Å²) in [6.45, 7) is 5.28. The molecule has 1 unspecified atom stereocenters. The number of ether oxygens (including phenoxy) is 1. The van der Waals surface area contributed by atoms with Crippen LogP contribution < -0.4 is 10.1 Å². The zero-order valence-corrected chi connectivity index (χ0v) is 12.5. The van der Waals surface area contributed by atoms with Crippen LogP contribution >= 0.6 is 11.3 Å². The molecule has 102 valence electrons. The molecule has 19 heavy (non-hydrogen) atoms. The van der Waals surface area contributed by atoms with Crippen molar-refractivity contribution < 1.29 is 4.74 Å². The van der Waals surface area contributed by atoms with Gasteiger partial charge in [0.15, 0.2) is 0 Å². The normalized spacial score (nSPS) is 12.4. The third-order valence-corrected chi connectivity index (χ3v) is 3.91. The molecule has 0 aliphatic carbocycles. The van der Waals surface area contributed by atoms with Gasteiger partial charge in [-0.1, -0.05) is 6.92 Å². The third-order valence-electron chi connectivity index (χ3n) is 3.03. The average Bonchev–Trinajstić information content (AvgIpc) is 2.86. The van der Waals surface area contributed by atoms with E-state index in [1.807, 2.05) is 12.3 Å². The molecule has 0 aliphatic heterocycles. The Hall–Kier alpha value is -1.39. The van der Waals surface area contributed by atoms with Crippen molar-refractivity contribution in [3.63, 3.8) is 0 Å². The molecule has 0 radical (unpaired) electrons. The number of methoxy groups -OCH3 is 1. The zero-order valence-electron chi connectivity index (χ0n) is 11.6. The first-order chi connectivity index (χ1) is 9.26. The fourth-order valence-electron chi connectivity index (χ4n) is 2.11. The summed E-state index contributed by atoms with van der Waals surface area (Å²) in [5, 5.41) is 5.80. The van der Waals surface area contributed by atoms with Crippen LogP contribution in [0.2, 0.25) is 0 Å². The van der Waals surface area contributed by atoms with Gasteiger partial charge in [0.05, 0.1) is 19.3 Å². The Morgan fingerprint density at radius 1 is 1.47 bits per heavy atom. The van der Waals surface area contributed by atoms with Crippen LogP contribution in [-0.4, -0.2) is 18.6 Å². The molecule has 1 atom stereocenters. The van der Waals surface area contributed by atoms with Gasteiger partial charge in [0.1, 0.15) is 5.75 Å². The van der Waals surface area contributed by atoms with Crippen molar-refractivity contribution in [2.75, 3.05) is 13.7 Å². The zero-order chi connectivity index (χ0) is 13.7. The lowest BCUT2D eigenvalue weighted by molar-refractivity contribution is 0.402. The first-order valence-corrected chi connectivity index (χ1v) is 7.40. The van der Waals surface area contributed by atoms with Crippen LogP contribution in [0.5, 0.6) is 5.75 Å². The fourth-order valence-corrected chi connectivity index (χ4v) is 2.84. The summed E-state index contributed by atoms with van der Waals surface area (Å²) in [6.07, 6.45) is 4.69. The predicted octanol–water partition coefficient (Wildman–Crippen LogP) is 3.55. The van der Waals surface area contributed by atoms with Gasteiger partial charge in [-0.3, -0.25) is 4.98 Å². The van der Waals surface area contributed by atoms with Gasteiger partial charge in [-0.25, -0.2) is 0 Å². The molecule has 4 heteroatoms. The van der Waals surface area contributed by atoms with Crippen LogP contribution in [0.4, 0.5) is 0 Å². The second-order valence-corrected chi connectivity index (χ2v) is 5.61. The van der Waals surface area contributed by atoms with Gasteiger partial charge in [-0.15, -0.1) is 11.3 Å². The molecule has 0 aromatic carbocycles. The van der Waals surface area contributed by atoms with Gasteiger partial charge < -0.3 is 10.1 Å². The smallest absolute Gasteiger partial charge is 0.142 e. The maximum absolute atomic E-state index is 5.44. The van der Waals surface area contributed by atoms with E-state index in [0.717, 1.165) is 24.3 Å². The van der Waals surface area contributed by atoms with Gasteiger partial charge >= 0.3 is 0 Å². The van der Waals surface area contributed by atoms with E-state index < -0.39 is 0 Å². The minimum Gasteiger partial charge on any atom is -0.495 e. The summed E-state index contributed by atoms with van der Waals surface area (Å²) in [7, 11) is 1.69. The van der Waals surface area contributed by atoms with Crippen molar-refractivity contribution in [2.45, 2.75) is 26.3 Å². The number of aromatic nitrogens is 1. The van der Waals surface area contributed by atoms with Gasteiger partial charge in [-0.2, -0.15) is 0 Å². The maximum Gasteiger partial charge on any atom is 0.142 e. The van der Waals surface area contributed by atoms with Crippen LogP contribution in [0.1, 0.15) is 35.4 Å². The largest absolute Gasteiger partial charge is 0.495 e. The van der Waals surface area contributed by atoms with Crippen LogP contribution in [-0.2, 0) is 0 Å². The Balaban J connectivity index is 2.36. The van der Waals surface area contributed by atoms with Gasteiger partial charge in [0, 0.05) is 16.6 Å². The van der Waals surface area contributed by atoms with E-state index in [-0.39, 0.29) is 6.04 Å². The van der Waals surface area contributed by atoms with Crippen LogP contribution in [0.3, 0.4) is 0 Å². The molecule has 2 heterocycles. The van der Waals surface area contributed by atoms with E-state index in [4.69, 9.17) is 4.74 Å². The number of thiophene rings is 1.